The summed E-state index contributed by atoms with van der Waals surface area (Å²) in [6.07, 6.45) is 5.52. The summed E-state index contributed by atoms with van der Waals surface area (Å²) in [6.45, 7) is 2.58. The zero-order chi connectivity index (χ0) is 14.7. The number of thiazole rings is 1. The molecule has 1 aliphatic carbocycles. The van der Waals surface area contributed by atoms with E-state index in [1.165, 1.54) is 6.42 Å². The third-order valence-corrected chi connectivity index (χ3v) is 5.28. The predicted molar refractivity (Wildman–Crippen MR) is 85.8 cm³/mol. The Morgan fingerprint density at radius 1 is 1.29 bits per heavy atom. The molecular formula is C17H21NO2S. The van der Waals surface area contributed by atoms with Gasteiger partial charge in [0.15, 0.2) is 5.78 Å². The van der Waals surface area contributed by atoms with Gasteiger partial charge in [-0.25, -0.2) is 4.98 Å². The lowest BCUT2D eigenvalue weighted by atomic mass is 9.80. The third kappa shape index (κ3) is 3.01. The van der Waals surface area contributed by atoms with E-state index in [-0.39, 0.29) is 5.78 Å². The van der Waals surface area contributed by atoms with Gasteiger partial charge in [-0.3, -0.25) is 4.79 Å². The van der Waals surface area contributed by atoms with Crippen molar-refractivity contribution < 1.29 is 9.53 Å². The van der Waals surface area contributed by atoms with Gasteiger partial charge in [-0.1, -0.05) is 31.4 Å². The molecule has 1 aliphatic rings. The summed E-state index contributed by atoms with van der Waals surface area (Å²) in [5.41, 5.74) is 0.435. The molecule has 1 aromatic heterocycles. The molecule has 0 unspecified atom stereocenters. The van der Waals surface area contributed by atoms with Crippen LogP contribution in [0.15, 0.2) is 24.3 Å². The number of para-hydroxylation sites is 1. The van der Waals surface area contributed by atoms with Gasteiger partial charge in [-0.15, -0.1) is 11.3 Å². The van der Waals surface area contributed by atoms with E-state index in [4.69, 9.17) is 4.74 Å². The Morgan fingerprint density at radius 2 is 2.05 bits per heavy atom. The molecule has 0 aliphatic heterocycles. The topological polar surface area (TPSA) is 39.2 Å². The Kier molecular flexibility index (Phi) is 4.36. The van der Waals surface area contributed by atoms with Gasteiger partial charge >= 0.3 is 0 Å². The summed E-state index contributed by atoms with van der Waals surface area (Å²) < 4.78 is 7.05. The fourth-order valence-electron chi connectivity index (χ4n) is 3.20. The molecule has 2 aromatic rings. The van der Waals surface area contributed by atoms with Crippen molar-refractivity contribution in [2.24, 2.45) is 0 Å². The van der Waals surface area contributed by atoms with Crippen LogP contribution >= 0.6 is 11.3 Å². The number of carbonyl (C=O) groups is 1. The van der Waals surface area contributed by atoms with Crippen LogP contribution in [-0.2, 0) is 16.0 Å². The van der Waals surface area contributed by atoms with Crippen LogP contribution in [0.2, 0.25) is 0 Å². The zero-order valence-electron chi connectivity index (χ0n) is 12.4. The summed E-state index contributed by atoms with van der Waals surface area (Å²) >= 11 is 1.62. The number of nitrogens with zero attached hydrogens (tertiary/aromatic N) is 1. The minimum atomic E-state index is -0.551. The van der Waals surface area contributed by atoms with Crippen molar-refractivity contribution in [3.63, 3.8) is 0 Å². The fourth-order valence-corrected chi connectivity index (χ4v) is 4.16. The highest BCUT2D eigenvalue weighted by Gasteiger charge is 2.39. The van der Waals surface area contributed by atoms with Crippen LogP contribution in [0.5, 0.6) is 0 Å². The Hall–Kier alpha value is -1.26. The van der Waals surface area contributed by atoms with Crippen molar-refractivity contribution in [2.45, 2.75) is 51.0 Å². The Balaban J connectivity index is 1.80. The minimum absolute atomic E-state index is 0.211. The molecule has 112 valence electrons. The number of fused-ring (bicyclic) bond motifs is 1. The summed E-state index contributed by atoms with van der Waals surface area (Å²) in [6, 6.07) is 8.05. The van der Waals surface area contributed by atoms with E-state index in [0.29, 0.717) is 13.0 Å². The van der Waals surface area contributed by atoms with E-state index in [2.05, 4.69) is 11.1 Å². The van der Waals surface area contributed by atoms with Crippen molar-refractivity contribution in [2.75, 3.05) is 6.61 Å². The smallest absolute Gasteiger partial charge is 0.171 e. The van der Waals surface area contributed by atoms with Gasteiger partial charge in [0.05, 0.1) is 16.6 Å². The second kappa shape index (κ2) is 6.24. The van der Waals surface area contributed by atoms with Crippen molar-refractivity contribution in [3.8, 4) is 0 Å². The lowest BCUT2D eigenvalue weighted by molar-refractivity contribution is -0.148. The molecule has 0 radical (unpaired) electrons. The van der Waals surface area contributed by atoms with Crippen LogP contribution in [0, 0.1) is 0 Å². The van der Waals surface area contributed by atoms with Crippen LogP contribution in [0.1, 0.15) is 44.0 Å². The van der Waals surface area contributed by atoms with Gasteiger partial charge in [0, 0.05) is 6.61 Å². The zero-order valence-corrected chi connectivity index (χ0v) is 13.2. The normalized spacial score (nSPS) is 18.0. The predicted octanol–water partition coefficient (Wildman–Crippen LogP) is 4.15. The van der Waals surface area contributed by atoms with Crippen LogP contribution in [-0.4, -0.2) is 23.0 Å². The molecule has 0 amide bonds. The van der Waals surface area contributed by atoms with Gasteiger partial charge in [-0.05, 0) is 31.9 Å². The average Bonchev–Trinajstić information content (AvgIpc) is 2.90. The number of ketones is 1. The van der Waals surface area contributed by atoms with Crippen LogP contribution in [0.4, 0.5) is 0 Å². The molecule has 0 spiro atoms. The molecule has 3 nitrogen and oxygen atoms in total. The maximum Gasteiger partial charge on any atom is 0.171 e. The number of ether oxygens (including phenoxy) is 1. The van der Waals surface area contributed by atoms with Crippen LogP contribution < -0.4 is 0 Å². The molecule has 0 bridgehead atoms. The van der Waals surface area contributed by atoms with Crippen LogP contribution in [0.25, 0.3) is 10.2 Å². The highest BCUT2D eigenvalue weighted by molar-refractivity contribution is 7.18. The van der Waals surface area contributed by atoms with Crippen LogP contribution in [0.3, 0.4) is 0 Å². The van der Waals surface area contributed by atoms with E-state index >= 15 is 0 Å². The number of rotatable bonds is 5. The number of hydrogen-bond acceptors (Lipinski definition) is 4. The standard InChI is InChI=1S/C17H21NO2S/c1-2-20-17(10-6-3-7-11-17)15(19)12-16-18-13-8-4-5-9-14(13)21-16/h4-5,8-9H,2-3,6-7,10-12H2,1H3. The highest BCUT2D eigenvalue weighted by atomic mass is 32.1. The fraction of sp³-hybridized carbons (Fsp3) is 0.529. The lowest BCUT2D eigenvalue weighted by Crippen LogP contribution is -2.44. The number of benzene rings is 1. The SMILES string of the molecule is CCOC1(C(=O)Cc2nc3ccccc3s2)CCCCC1. The molecule has 1 saturated carbocycles. The van der Waals surface area contributed by atoms with E-state index in [9.17, 15) is 4.79 Å². The molecule has 0 N–H and O–H groups in total. The molecule has 0 saturated heterocycles. The molecule has 1 aromatic carbocycles. The quantitative estimate of drug-likeness (QED) is 0.833. The summed E-state index contributed by atoms with van der Waals surface area (Å²) in [5.74, 6) is 0.211. The molecular weight excluding hydrogens is 282 g/mol. The average molecular weight is 303 g/mol. The number of aromatic nitrogens is 1. The lowest BCUT2D eigenvalue weighted by Gasteiger charge is -2.35. The Morgan fingerprint density at radius 3 is 2.76 bits per heavy atom. The molecule has 1 heterocycles. The van der Waals surface area contributed by atoms with Gasteiger partial charge < -0.3 is 4.74 Å². The number of carbonyl (C=O) groups excluding carboxylic acids is 1. The maximum atomic E-state index is 12.8. The molecule has 1 fully saturated rings. The largest absolute Gasteiger partial charge is 0.367 e. The third-order valence-electron chi connectivity index (χ3n) is 4.24. The van der Waals surface area contributed by atoms with Gasteiger partial charge in [0.25, 0.3) is 0 Å². The second-order valence-corrected chi connectivity index (χ2v) is 6.78. The van der Waals surface area contributed by atoms with Gasteiger partial charge in [0.1, 0.15) is 10.6 Å². The summed E-state index contributed by atoms with van der Waals surface area (Å²) in [5, 5.41) is 0.908. The first-order valence-corrected chi connectivity index (χ1v) is 8.57. The highest BCUT2D eigenvalue weighted by Crippen LogP contribution is 2.34. The van der Waals surface area contributed by atoms with Gasteiger partial charge in [-0.2, -0.15) is 0 Å². The first kappa shape index (κ1) is 14.7. The Bertz CT molecular complexity index is 590. The van der Waals surface area contributed by atoms with E-state index in [0.717, 1.165) is 40.9 Å². The Labute approximate surface area is 129 Å². The number of hydrogen-bond donors (Lipinski definition) is 0. The summed E-state index contributed by atoms with van der Waals surface area (Å²) in [7, 11) is 0. The summed E-state index contributed by atoms with van der Waals surface area (Å²) in [4.78, 5) is 17.4. The van der Waals surface area contributed by atoms with Crippen molar-refractivity contribution in [3.05, 3.63) is 29.3 Å². The van der Waals surface area contributed by atoms with E-state index in [1.54, 1.807) is 11.3 Å². The van der Waals surface area contributed by atoms with E-state index in [1.807, 2.05) is 25.1 Å². The van der Waals surface area contributed by atoms with Crippen molar-refractivity contribution in [1.82, 2.24) is 4.98 Å². The first-order chi connectivity index (χ1) is 10.2. The maximum absolute atomic E-state index is 12.8. The first-order valence-electron chi connectivity index (χ1n) is 7.75. The minimum Gasteiger partial charge on any atom is -0.367 e. The number of Topliss-reactive ketones (excluding diaryl/α,β-unsaturated/α-hetero) is 1. The second-order valence-electron chi connectivity index (χ2n) is 5.66. The van der Waals surface area contributed by atoms with Gasteiger partial charge in [0.2, 0.25) is 0 Å². The van der Waals surface area contributed by atoms with E-state index < -0.39 is 5.60 Å². The monoisotopic (exact) mass is 303 g/mol. The molecule has 3 rings (SSSR count). The van der Waals surface area contributed by atoms with Crippen molar-refractivity contribution in [1.29, 1.82) is 0 Å². The molecule has 0 atom stereocenters. The molecule has 21 heavy (non-hydrogen) atoms. The molecule has 4 heteroatoms. The van der Waals surface area contributed by atoms with Crippen molar-refractivity contribution >= 4 is 27.3 Å².